The first-order valence-corrected chi connectivity index (χ1v) is 6.47. The van der Waals surface area contributed by atoms with Crippen LogP contribution in [0.5, 0.6) is 11.5 Å². The summed E-state index contributed by atoms with van der Waals surface area (Å²) in [6, 6.07) is 5.86. The Hall–Kier alpha value is -2.28. The molecule has 3 atom stereocenters. The highest BCUT2D eigenvalue weighted by molar-refractivity contribution is 5.87. The van der Waals surface area contributed by atoms with Crippen LogP contribution in [-0.2, 0) is 14.3 Å². The van der Waals surface area contributed by atoms with Crippen LogP contribution in [0.15, 0.2) is 24.3 Å². The molecule has 0 spiro atoms. The summed E-state index contributed by atoms with van der Waals surface area (Å²) in [6.45, 7) is 1.56. The largest absolute Gasteiger partial charge is 0.482 e. The van der Waals surface area contributed by atoms with E-state index in [4.69, 9.17) is 19.3 Å². The number of carbonyl (C=O) groups is 2. The van der Waals surface area contributed by atoms with E-state index in [0.717, 1.165) is 0 Å². The molecule has 0 saturated carbocycles. The Kier molecular flexibility index (Phi) is 4.64. The van der Waals surface area contributed by atoms with Crippen molar-refractivity contribution < 1.29 is 28.9 Å². The fourth-order valence-electron chi connectivity index (χ4n) is 2.00. The molecule has 3 unspecified atom stereocenters. The van der Waals surface area contributed by atoms with Crippen LogP contribution in [0.25, 0.3) is 0 Å². The van der Waals surface area contributed by atoms with E-state index < -0.39 is 30.1 Å². The zero-order chi connectivity index (χ0) is 15.4. The molecule has 7 heteroatoms. The number of para-hydroxylation sites is 2. The maximum atomic E-state index is 12.2. The van der Waals surface area contributed by atoms with Crippen LogP contribution >= 0.6 is 0 Å². The van der Waals surface area contributed by atoms with Gasteiger partial charge in [-0.05, 0) is 19.1 Å². The molecule has 1 aliphatic heterocycles. The summed E-state index contributed by atoms with van der Waals surface area (Å²) in [5.74, 6) is -0.716. The second-order valence-corrected chi connectivity index (χ2v) is 4.66. The van der Waals surface area contributed by atoms with Crippen LogP contribution in [0.3, 0.4) is 0 Å². The van der Waals surface area contributed by atoms with Gasteiger partial charge >= 0.3 is 5.97 Å². The van der Waals surface area contributed by atoms with Gasteiger partial charge in [0.15, 0.2) is 17.5 Å². The summed E-state index contributed by atoms with van der Waals surface area (Å²) in [5, 5.41) is 11.4. The second-order valence-electron chi connectivity index (χ2n) is 4.66. The number of carboxylic acid groups (broad SMARTS) is 1. The highest BCUT2D eigenvalue weighted by atomic mass is 16.6. The summed E-state index contributed by atoms with van der Waals surface area (Å²) in [5.41, 5.74) is 0. The lowest BCUT2D eigenvalue weighted by molar-refractivity contribution is -0.146. The SMILES string of the molecule is COCC(NC(=O)C1Oc2ccccc2OC1C)C(=O)O. The van der Waals surface area contributed by atoms with E-state index in [1.54, 1.807) is 31.2 Å². The molecule has 1 aromatic carbocycles. The van der Waals surface area contributed by atoms with Gasteiger partial charge in [0.25, 0.3) is 5.91 Å². The topological polar surface area (TPSA) is 94.1 Å². The molecule has 114 valence electrons. The predicted octanol–water partition coefficient (Wildman–Crippen LogP) is 0.431. The molecular formula is C14H17NO6. The van der Waals surface area contributed by atoms with E-state index in [0.29, 0.717) is 11.5 Å². The molecule has 2 N–H and O–H groups in total. The Balaban J connectivity index is 2.07. The third kappa shape index (κ3) is 3.43. The highest BCUT2D eigenvalue weighted by Crippen LogP contribution is 2.33. The lowest BCUT2D eigenvalue weighted by atomic mass is 10.1. The van der Waals surface area contributed by atoms with Gasteiger partial charge in [-0.3, -0.25) is 4.79 Å². The third-order valence-corrected chi connectivity index (χ3v) is 3.05. The number of hydrogen-bond acceptors (Lipinski definition) is 5. The molecule has 1 aromatic rings. The molecule has 2 rings (SSSR count). The predicted molar refractivity (Wildman–Crippen MR) is 72.4 cm³/mol. The molecule has 0 aromatic heterocycles. The molecule has 1 heterocycles. The van der Waals surface area contributed by atoms with Gasteiger partial charge in [0.1, 0.15) is 6.10 Å². The molecule has 1 aliphatic rings. The van der Waals surface area contributed by atoms with Gasteiger partial charge in [-0.2, -0.15) is 0 Å². The minimum atomic E-state index is -1.17. The Morgan fingerprint density at radius 1 is 1.33 bits per heavy atom. The quantitative estimate of drug-likeness (QED) is 0.818. The van der Waals surface area contributed by atoms with Crippen LogP contribution in [0.1, 0.15) is 6.92 Å². The summed E-state index contributed by atoms with van der Waals surface area (Å²) in [7, 11) is 1.36. The number of nitrogens with one attached hydrogen (secondary N) is 1. The maximum Gasteiger partial charge on any atom is 0.328 e. The van der Waals surface area contributed by atoms with Crippen molar-refractivity contribution in [3.8, 4) is 11.5 Å². The summed E-state index contributed by atoms with van der Waals surface area (Å²) < 4.78 is 16.0. The first kappa shape index (κ1) is 15.1. The van der Waals surface area contributed by atoms with E-state index in [1.165, 1.54) is 7.11 Å². The average molecular weight is 295 g/mol. The number of fused-ring (bicyclic) bond motifs is 1. The molecule has 0 bridgehead atoms. The average Bonchev–Trinajstić information content (AvgIpc) is 2.45. The van der Waals surface area contributed by atoms with Gasteiger partial charge < -0.3 is 24.6 Å². The van der Waals surface area contributed by atoms with Crippen molar-refractivity contribution in [1.29, 1.82) is 0 Å². The normalized spacial score (nSPS) is 21.4. The van der Waals surface area contributed by atoms with Crippen LogP contribution < -0.4 is 14.8 Å². The lowest BCUT2D eigenvalue weighted by Gasteiger charge is -2.31. The number of ether oxygens (including phenoxy) is 3. The van der Waals surface area contributed by atoms with Gasteiger partial charge in [0.05, 0.1) is 6.61 Å². The van der Waals surface area contributed by atoms with E-state index in [2.05, 4.69) is 5.32 Å². The first-order valence-electron chi connectivity index (χ1n) is 6.47. The number of amides is 1. The van der Waals surface area contributed by atoms with E-state index in [9.17, 15) is 9.59 Å². The molecule has 0 aliphatic carbocycles. The van der Waals surface area contributed by atoms with E-state index >= 15 is 0 Å². The van der Waals surface area contributed by atoms with Crippen LogP contribution in [0.4, 0.5) is 0 Å². The minimum absolute atomic E-state index is 0.125. The van der Waals surface area contributed by atoms with Gasteiger partial charge in [0, 0.05) is 7.11 Å². The van der Waals surface area contributed by atoms with Gasteiger partial charge in [0.2, 0.25) is 6.10 Å². The molecule has 7 nitrogen and oxygen atoms in total. The van der Waals surface area contributed by atoms with E-state index in [-0.39, 0.29) is 6.61 Å². The number of rotatable bonds is 5. The highest BCUT2D eigenvalue weighted by Gasteiger charge is 2.35. The Morgan fingerprint density at radius 2 is 1.95 bits per heavy atom. The van der Waals surface area contributed by atoms with Crippen molar-refractivity contribution in [2.24, 2.45) is 0 Å². The van der Waals surface area contributed by atoms with E-state index in [1.807, 2.05) is 0 Å². The smallest absolute Gasteiger partial charge is 0.328 e. The monoisotopic (exact) mass is 295 g/mol. The van der Waals surface area contributed by atoms with Crippen molar-refractivity contribution in [2.45, 2.75) is 25.2 Å². The summed E-state index contributed by atoms with van der Waals surface area (Å²) in [6.07, 6.45) is -1.45. The number of carbonyl (C=O) groups excluding carboxylic acids is 1. The lowest BCUT2D eigenvalue weighted by Crippen LogP contribution is -2.54. The molecule has 0 radical (unpaired) electrons. The molecular weight excluding hydrogens is 278 g/mol. The van der Waals surface area contributed by atoms with Crippen molar-refractivity contribution >= 4 is 11.9 Å². The third-order valence-electron chi connectivity index (χ3n) is 3.05. The van der Waals surface area contributed by atoms with Crippen molar-refractivity contribution in [3.63, 3.8) is 0 Å². The van der Waals surface area contributed by atoms with Crippen LogP contribution in [0.2, 0.25) is 0 Å². The fraction of sp³-hybridized carbons (Fsp3) is 0.429. The zero-order valence-electron chi connectivity index (χ0n) is 11.7. The Morgan fingerprint density at radius 3 is 2.52 bits per heavy atom. The molecule has 0 saturated heterocycles. The van der Waals surface area contributed by atoms with Gasteiger partial charge in [-0.15, -0.1) is 0 Å². The second kappa shape index (κ2) is 6.45. The van der Waals surface area contributed by atoms with Crippen molar-refractivity contribution in [1.82, 2.24) is 5.32 Å². The number of benzene rings is 1. The first-order chi connectivity index (χ1) is 10.0. The van der Waals surface area contributed by atoms with Gasteiger partial charge in [-0.25, -0.2) is 4.79 Å². The van der Waals surface area contributed by atoms with Crippen molar-refractivity contribution in [2.75, 3.05) is 13.7 Å². The Labute approximate surface area is 121 Å². The number of aliphatic carboxylic acids is 1. The standard InChI is InChI=1S/C14H17NO6/c1-8-12(13(16)15-9(7-19-2)14(17)18)21-11-6-4-3-5-10(11)20-8/h3-6,8-9,12H,7H2,1-2H3,(H,15,16)(H,17,18). The number of carboxylic acids is 1. The van der Waals surface area contributed by atoms with Crippen LogP contribution in [-0.4, -0.2) is 48.9 Å². The Bertz CT molecular complexity index is 532. The van der Waals surface area contributed by atoms with Crippen LogP contribution in [0, 0.1) is 0 Å². The number of hydrogen-bond donors (Lipinski definition) is 2. The van der Waals surface area contributed by atoms with Crippen molar-refractivity contribution in [3.05, 3.63) is 24.3 Å². The zero-order valence-corrected chi connectivity index (χ0v) is 11.7. The van der Waals surface area contributed by atoms with Gasteiger partial charge in [-0.1, -0.05) is 12.1 Å². The summed E-state index contributed by atoms with van der Waals surface area (Å²) in [4.78, 5) is 23.2. The number of methoxy groups -OCH3 is 1. The molecule has 0 fully saturated rings. The summed E-state index contributed by atoms with van der Waals surface area (Å²) >= 11 is 0. The molecule has 21 heavy (non-hydrogen) atoms. The maximum absolute atomic E-state index is 12.2. The molecule has 1 amide bonds. The fourth-order valence-corrected chi connectivity index (χ4v) is 2.00. The minimum Gasteiger partial charge on any atom is -0.482 e.